The van der Waals surface area contributed by atoms with E-state index in [2.05, 4.69) is 49.7 Å². The molecule has 68 valence electrons. The SMILES string of the molecule is CCc1cc2cccc(C)c2n1C. The molecule has 1 nitrogen and oxygen atoms in total. The van der Waals surface area contributed by atoms with Crippen LogP contribution in [0.1, 0.15) is 18.2 Å². The molecule has 0 saturated heterocycles. The van der Waals surface area contributed by atoms with Crippen LogP contribution in [0.5, 0.6) is 0 Å². The van der Waals surface area contributed by atoms with Gasteiger partial charge in [-0.15, -0.1) is 0 Å². The molecule has 0 spiro atoms. The normalized spacial score (nSPS) is 11.0. The lowest BCUT2D eigenvalue weighted by atomic mass is 10.2. The van der Waals surface area contributed by atoms with Crippen LogP contribution in [0.2, 0.25) is 0 Å². The molecule has 0 N–H and O–H groups in total. The number of benzene rings is 1. The van der Waals surface area contributed by atoms with E-state index in [9.17, 15) is 0 Å². The minimum Gasteiger partial charge on any atom is -0.347 e. The summed E-state index contributed by atoms with van der Waals surface area (Å²) in [7, 11) is 2.15. The number of aromatic nitrogens is 1. The smallest absolute Gasteiger partial charge is 0.0509 e. The van der Waals surface area contributed by atoms with Gasteiger partial charge in [0, 0.05) is 18.1 Å². The van der Waals surface area contributed by atoms with Gasteiger partial charge in [0.1, 0.15) is 0 Å². The summed E-state index contributed by atoms with van der Waals surface area (Å²) in [5.74, 6) is 0. The van der Waals surface area contributed by atoms with Gasteiger partial charge in [-0.25, -0.2) is 0 Å². The number of hydrogen-bond acceptors (Lipinski definition) is 0. The summed E-state index contributed by atoms with van der Waals surface area (Å²) in [5.41, 5.74) is 4.14. The summed E-state index contributed by atoms with van der Waals surface area (Å²) < 4.78 is 2.30. The Morgan fingerprint density at radius 3 is 2.69 bits per heavy atom. The van der Waals surface area contributed by atoms with Gasteiger partial charge in [-0.1, -0.05) is 25.1 Å². The van der Waals surface area contributed by atoms with E-state index in [0.717, 1.165) is 6.42 Å². The van der Waals surface area contributed by atoms with Gasteiger partial charge in [-0.3, -0.25) is 0 Å². The topological polar surface area (TPSA) is 4.93 Å². The molecule has 0 saturated carbocycles. The molecule has 13 heavy (non-hydrogen) atoms. The summed E-state index contributed by atoms with van der Waals surface area (Å²) in [4.78, 5) is 0. The first-order valence-corrected chi connectivity index (χ1v) is 4.78. The lowest BCUT2D eigenvalue weighted by molar-refractivity contribution is 0.863. The third-order valence-corrected chi connectivity index (χ3v) is 2.72. The molecule has 1 heteroatoms. The van der Waals surface area contributed by atoms with E-state index >= 15 is 0 Å². The number of rotatable bonds is 1. The van der Waals surface area contributed by atoms with Crippen LogP contribution in [0.25, 0.3) is 10.9 Å². The highest BCUT2D eigenvalue weighted by molar-refractivity contribution is 5.84. The molecule has 0 radical (unpaired) electrons. The Morgan fingerprint density at radius 1 is 1.31 bits per heavy atom. The van der Waals surface area contributed by atoms with Crippen LogP contribution >= 0.6 is 0 Å². The second-order valence-corrected chi connectivity index (χ2v) is 3.56. The first-order chi connectivity index (χ1) is 6.24. The van der Waals surface area contributed by atoms with Crippen LogP contribution in [0.3, 0.4) is 0 Å². The Labute approximate surface area is 79.0 Å². The average Bonchev–Trinajstić information content (AvgIpc) is 2.44. The highest BCUT2D eigenvalue weighted by atomic mass is 14.9. The van der Waals surface area contributed by atoms with Gasteiger partial charge in [0.25, 0.3) is 0 Å². The van der Waals surface area contributed by atoms with Gasteiger partial charge in [0.05, 0.1) is 5.52 Å². The molecule has 1 heterocycles. The predicted octanol–water partition coefficient (Wildman–Crippen LogP) is 3.05. The molecule has 0 aliphatic rings. The number of nitrogens with zero attached hydrogens (tertiary/aromatic N) is 1. The highest BCUT2D eigenvalue weighted by Gasteiger charge is 2.04. The molecule has 1 aromatic heterocycles. The van der Waals surface area contributed by atoms with Crippen molar-refractivity contribution in [3.8, 4) is 0 Å². The van der Waals surface area contributed by atoms with E-state index in [1.807, 2.05) is 0 Å². The Bertz CT molecular complexity index is 438. The van der Waals surface area contributed by atoms with Gasteiger partial charge in [0.2, 0.25) is 0 Å². The molecule has 0 aliphatic heterocycles. The number of para-hydroxylation sites is 1. The van der Waals surface area contributed by atoms with E-state index in [-0.39, 0.29) is 0 Å². The van der Waals surface area contributed by atoms with E-state index in [0.29, 0.717) is 0 Å². The molecular weight excluding hydrogens is 158 g/mol. The summed E-state index contributed by atoms with van der Waals surface area (Å²) in [6.07, 6.45) is 1.10. The second-order valence-electron chi connectivity index (χ2n) is 3.56. The fraction of sp³-hybridized carbons (Fsp3) is 0.333. The fourth-order valence-electron chi connectivity index (χ4n) is 2.02. The Balaban J connectivity index is 2.85. The fourth-order valence-corrected chi connectivity index (χ4v) is 2.02. The maximum atomic E-state index is 2.30. The molecule has 0 amide bonds. The number of hydrogen-bond donors (Lipinski definition) is 0. The van der Waals surface area contributed by atoms with Crippen molar-refractivity contribution >= 4 is 10.9 Å². The lowest BCUT2D eigenvalue weighted by Crippen LogP contribution is -1.94. The first kappa shape index (κ1) is 8.36. The van der Waals surface area contributed by atoms with E-state index < -0.39 is 0 Å². The minimum absolute atomic E-state index is 1.10. The monoisotopic (exact) mass is 173 g/mol. The van der Waals surface area contributed by atoms with Crippen molar-refractivity contribution in [1.82, 2.24) is 4.57 Å². The zero-order valence-electron chi connectivity index (χ0n) is 8.46. The Morgan fingerprint density at radius 2 is 2.08 bits per heavy atom. The second kappa shape index (κ2) is 2.91. The van der Waals surface area contributed by atoms with Crippen molar-refractivity contribution in [2.24, 2.45) is 7.05 Å². The molecule has 0 aliphatic carbocycles. The van der Waals surface area contributed by atoms with E-state index in [1.165, 1.54) is 22.2 Å². The van der Waals surface area contributed by atoms with Crippen LogP contribution in [0.15, 0.2) is 24.3 Å². The van der Waals surface area contributed by atoms with Gasteiger partial charge >= 0.3 is 0 Å². The van der Waals surface area contributed by atoms with Crippen LogP contribution in [-0.4, -0.2) is 4.57 Å². The van der Waals surface area contributed by atoms with Crippen LogP contribution in [0.4, 0.5) is 0 Å². The van der Waals surface area contributed by atoms with E-state index in [4.69, 9.17) is 0 Å². The van der Waals surface area contributed by atoms with Crippen molar-refractivity contribution < 1.29 is 0 Å². The molecule has 2 aromatic rings. The molecule has 0 atom stereocenters. The van der Waals surface area contributed by atoms with Crippen LogP contribution in [0, 0.1) is 6.92 Å². The molecule has 0 fully saturated rings. The molecule has 2 rings (SSSR count). The standard InChI is InChI=1S/C12H15N/c1-4-11-8-10-7-5-6-9(2)12(10)13(11)3/h5-8H,4H2,1-3H3. The van der Waals surface area contributed by atoms with Crippen LogP contribution in [-0.2, 0) is 13.5 Å². The van der Waals surface area contributed by atoms with Gasteiger partial charge in [-0.2, -0.15) is 0 Å². The minimum atomic E-state index is 1.10. The Kier molecular flexibility index (Phi) is 1.87. The Hall–Kier alpha value is -1.24. The van der Waals surface area contributed by atoms with Gasteiger partial charge in [0.15, 0.2) is 0 Å². The van der Waals surface area contributed by atoms with Crippen molar-refractivity contribution in [3.63, 3.8) is 0 Å². The molecule has 0 bridgehead atoms. The lowest BCUT2D eigenvalue weighted by Gasteiger charge is -2.02. The third-order valence-electron chi connectivity index (χ3n) is 2.72. The summed E-state index contributed by atoms with van der Waals surface area (Å²) >= 11 is 0. The van der Waals surface area contributed by atoms with E-state index in [1.54, 1.807) is 0 Å². The van der Waals surface area contributed by atoms with Crippen molar-refractivity contribution in [1.29, 1.82) is 0 Å². The van der Waals surface area contributed by atoms with Crippen LogP contribution < -0.4 is 0 Å². The zero-order chi connectivity index (χ0) is 9.42. The average molecular weight is 173 g/mol. The van der Waals surface area contributed by atoms with Crippen molar-refractivity contribution in [2.75, 3.05) is 0 Å². The predicted molar refractivity (Wildman–Crippen MR) is 57.0 cm³/mol. The maximum Gasteiger partial charge on any atom is 0.0509 e. The van der Waals surface area contributed by atoms with Crippen molar-refractivity contribution in [3.05, 3.63) is 35.5 Å². The third kappa shape index (κ3) is 1.15. The quantitative estimate of drug-likeness (QED) is 0.624. The molecular formula is C12H15N. The molecule has 1 aromatic carbocycles. The molecule has 0 unspecified atom stereocenters. The maximum absolute atomic E-state index is 2.30. The summed E-state index contributed by atoms with van der Waals surface area (Å²) in [5, 5.41) is 1.36. The van der Waals surface area contributed by atoms with Gasteiger partial charge < -0.3 is 4.57 Å². The largest absolute Gasteiger partial charge is 0.347 e. The summed E-state index contributed by atoms with van der Waals surface area (Å²) in [6.45, 7) is 4.37. The zero-order valence-corrected chi connectivity index (χ0v) is 8.46. The van der Waals surface area contributed by atoms with Gasteiger partial charge in [-0.05, 0) is 25.0 Å². The highest BCUT2D eigenvalue weighted by Crippen LogP contribution is 2.21. The number of aryl methyl sites for hydroxylation is 3. The summed E-state index contributed by atoms with van der Waals surface area (Å²) in [6, 6.07) is 8.75. The number of fused-ring (bicyclic) bond motifs is 1. The first-order valence-electron chi connectivity index (χ1n) is 4.78. The van der Waals surface area contributed by atoms with Crippen molar-refractivity contribution in [2.45, 2.75) is 20.3 Å².